The van der Waals surface area contributed by atoms with E-state index in [4.69, 9.17) is 4.74 Å². The summed E-state index contributed by atoms with van der Waals surface area (Å²) in [5.74, 6) is 0.248. The van der Waals surface area contributed by atoms with Gasteiger partial charge in [0.15, 0.2) is 17.6 Å². The lowest BCUT2D eigenvalue weighted by molar-refractivity contribution is -0.163. The standard InChI is InChI=1S/C26H27N3O4/c1-2-13-29-14-12-25-21-17-8-9-19(30)22(21)33-23(25)18(10-11-26(25,32)20(29)15-17)27-28-24(31)16-6-4-3-5-7-16/h2-9,20,23,30,32H,1,10-15H2,(H,28,31)/b27-18-/t20-,23-,25-,26+/m0/s1. The van der Waals surface area contributed by atoms with Gasteiger partial charge in [-0.2, -0.15) is 5.10 Å². The Balaban J connectivity index is 1.43. The number of aromatic hydroxyl groups is 1. The molecule has 2 bridgehead atoms. The predicted octanol–water partition coefficient (Wildman–Crippen LogP) is 2.52. The van der Waals surface area contributed by atoms with Crippen molar-refractivity contribution in [2.24, 2.45) is 5.10 Å². The molecule has 1 amide bonds. The first-order valence-electron chi connectivity index (χ1n) is 11.5. The van der Waals surface area contributed by atoms with Crippen molar-refractivity contribution in [2.75, 3.05) is 13.1 Å². The molecule has 0 aromatic heterocycles. The monoisotopic (exact) mass is 445 g/mol. The van der Waals surface area contributed by atoms with Gasteiger partial charge >= 0.3 is 0 Å². The highest BCUT2D eigenvalue weighted by molar-refractivity contribution is 5.98. The second-order valence-corrected chi connectivity index (χ2v) is 9.51. The lowest BCUT2D eigenvalue weighted by atomic mass is 9.49. The van der Waals surface area contributed by atoms with Crippen molar-refractivity contribution in [1.29, 1.82) is 0 Å². The average molecular weight is 446 g/mol. The van der Waals surface area contributed by atoms with Crippen molar-refractivity contribution in [3.05, 3.63) is 71.8 Å². The lowest BCUT2D eigenvalue weighted by Gasteiger charge is -2.62. The summed E-state index contributed by atoms with van der Waals surface area (Å²) in [4.78, 5) is 14.9. The Labute approximate surface area is 192 Å². The number of amides is 1. The number of nitrogens with zero attached hydrogens (tertiary/aromatic N) is 2. The number of carbonyl (C=O) groups excluding carboxylic acids is 1. The van der Waals surface area contributed by atoms with Crippen molar-refractivity contribution in [2.45, 2.75) is 48.8 Å². The molecule has 2 aromatic rings. The average Bonchev–Trinajstić information content (AvgIpc) is 3.18. The zero-order valence-corrected chi connectivity index (χ0v) is 18.3. The minimum Gasteiger partial charge on any atom is -0.504 e. The smallest absolute Gasteiger partial charge is 0.271 e. The Kier molecular flexibility index (Phi) is 4.44. The number of likely N-dealkylation sites (tertiary alicyclic amines) is 1. The topological polar surface area (TPSA) is 94.4 Å². The number of hydrogen-bond acceptors (Lipinski definition) is 6. The molecule has 4 atom stereocenters. The van der Waals surface area contributed by atoms with Gasteiger partial charge in [0, 0.05) is 30.3 Å². The zero-order chi connectivity index (χ0) is 22.8. The number of phenols is 1. The SMILES string of the molecule is C=CCN1CC[C@]23c4c5ccc(O)c4O[C@H]2/C(=N\NC(=O)c2ccccc2)CC[C@@]3(O)[C@@H]1C5. The van der Waals surface area contributed by atoms with Gasteiger partial charge in [-0.25, -0.2) is 5.43 Å². The number of hydrazone groups is 1. The molecule has 7 heteroatoms. The number of benzene rings is 2. The number of hydrogen-bond donors (Lipinski definition) is 3. The first kappa shape index (κ1) is 20.4. The minimum absolute atomic E-state index is 0.0706. The minimum atomic E-state index is -1.02. The summed E-state index contributed by atoms with van der Waals surface area (Å²) in [5.41, 5.74) is 4.21. The molecule has 2 heterocycles. The maximum Gasteiger partial charge on any atom is 0.271 e. The lowest BCUT2D eigenvalue weighted by Crippen LogP contribution is -2.76. The van der Waals surface area contributed by atoms with Crippen LogP contribution in [0.3, 0.4) is 0 Å². The molecule has 1 saturated carbocycles. The third-order valence-electron chi connectivity index (χ3n) is 8.09. The Morgan fingerprint density at radius 3 is 2.88 bits per heavy atom. The Hall–Kier alpha value is -3.16. The number of ether oxygens (including phenoxy) is 1. The second kappa shape index (κ2) is 7.17. The maximum absolute atomic E-state index is 12.6. The van der Waals surface area contributed by atoms with Crippen LogP contribution in [0.5, 0.6) is 11.5 Å². The third kappa shape index (κ3) is 2.63. The number of piperidine rings is 1. The molecular formula is C26H27N3O4. The largest absolute Gasteiger partial charge is 0.504 e. The molecule has 1 saturated heterocycles. The van der Waals surface area contributed by atoms with Crippen LogP contribution in [0, 0.1) is 0 Å². The molecule has 2 aliphatic heterocycles. The fraction of sp³-hybridized carbons (Fsp3) is 0.385. The van der Waals surface area contributed by atoms with Crippen molar-refractivity contribution >= 4 is 11.6 Å². The predicted molar refractivity (Wildman–Crippen MR) is 124 cm³/mol. The van der Waals surface area contributed by atoms with Crippen LogP contribution in [0.4, 0.5) is 0 Å². The third-order valence-corrected chi connectivity index (χ3v) is 8.09. The molecule has 3 N–H and O–H groups in total. The fourth-order valence-electron chi connectivity index (χ4n) is 6.71. The number of aliphatic hydroxyl groups is 1. The van der Waals surface area contributed by atoms with E-state index < -0.39 is 17.1 Å². The van der Waals surface area contributed by atoms with Crippen LogP contribution < -0.4 is 10.2 Å². The van der Waals surface area contributed by atoms with Gasteiger partial charge < -0.3 is 14.9 Å². The van der Waals surface area contributed by atoms with E-state index in [1.165, 1.54) is 0 Å². The van der Waals surface area contributed by atoms with Crippen LogP contribution in [-0.4, -0.2) is 57.6 Å². The molecule has 7 nitrogen and oxygen atoms in total. The van der Waals surface area contributed by atoms with E-state index in [1.807, 2.05) is 30.3 Å². The highest BCUT2D eigenvalue weighted by Crippen LogP contribution is 2.64. The van der Waals surface area contributed by atoms with Crippen LogP contribution in [-0.2, 0) is 11.8 Å². The quantitative estimate of drug-likeness (QED) is 0.497. The Morgan fingerprint density at radius 2 is 2.09 bits per heavy atom. The van der Waals surface area contributed by atoms with Crippen LogP contribution in [0.15, 0.2) is 60.2 Å². The normalized spacial score (nSPS) is 32.7. The summed E-state index contributed by atoms with van der Waals surface area (Å²) in [6.45, 7) is 5.40. The molecule has 2 aliphatic carbocycles. The van der Waals surface area contributed by atoms with Gasteiger partial charge in [-0.1, -0.05) is 30.3 Å². The van der Waals surface area contributed by atoms with E-state index in [0.717, 1.165) is 17.7 Å². The summed E-state index contributed by atoms with van der Waals surface area (Å²) in [6, 6.07) is 12.5. The molecular weight excluding hydrogens is 418 g/mol. The van der Waals surface area contributed by atoms with Crippen LogP contribution >= 0.6 is 0 Å². The fourth-order valence-corrected chi connectivity index (χ4v) is 6.71. The summed E-state index contributed by atoms with van der Waals surface area (Å²) >= 11 is 0. The highest BCUT2D eigenvalue weighted by Gasteiger charge is 2.72. The molecule has 170 valence electrons. The van der Waals surface area contributed by atoms with Crippen molar-refractivity contribution in [1.82, 2.24) is 10.3 Å². The Morgan fingerprint density at radius 1 is 1.27 bits per heavy atom. The Bertz CT molecular complexity index is 1180. The second-order valence-electron chi connectivity index (χ2n) is 9.51. The first-order chi connectivity index (χ1) is 16.0. The van der Waals surface area contributed by atoms with Gasteiger partial charge in [-0.05, 0) is 49.4 Å². The van der Waals surface area contributed by atoms with E-state index in [1.54, 1.807) is 18.2 Å². The number of rotatable bonds is 4. The summed E-state index contributed by atoms with van der Waals surface area (Å²) in [6.07, 6.45) is 3.73. The molecule has 2 fully saturated rings. The zero-order valence-electron chi connectivity index (χ0n) is 18.3. The molecule has 0 unspecified atom stereocenters. The highest BCUT2D eigenvalue weighted by atomic mass is 16.5. The van der Waals surface area contributed by atoms with E-state index >= 15 is 0 Å². The van der Waals surface area contributed by atoms with Gasteiger partial charge in [0.05, 0.1) is 16.7 Å². The van der Waals surface area contributed by atoms with Gasteiger partial charge in [0.2, 0.25) is 0 Å². The molecule has 1 spiro atoms. The number of phenolic OH excluding ortho intramolecular Hbond substituents is 1. The van der Waals surface area contributed by atoms with Gasteiger partial charge in [-0.15, -0.1) is 6.58 Å². The van der Waals surface area contributed by atoms with E-state index in [9.17, 15) is 15.0 Å². The van der Waals surface area contributed by atoms with Crippen molar-refractivity contribution in [3.8, 4) is 11.5 Å². The molecule has 0 radical (unpaired) electrons. The molecule has 33 heavy (non-hydrogen) atoms. The van der Waals surface area contributed by atoms with Crippen LogP contribution in [0.2, 0.25) is 0 Å². The first-order valence-corrected chi connectivity index (χ1v) is 11.5. The van der Waals surface area contributed by atoms with Crippen LogP contribution in [0.1, 0.15) is 40.7 Å². The summed E-state index contributed by atoms with van der Waals surface area (Å²) < 4.78 is 6.39. The van der Waals surface area contributed by atoms with Gasteiger partial charge in [0.25, 0.3) is 5.91 Å². The van der Waals surface area contributed by atoms with Crippen LogP contribution in [0.25, 0.3) is 0 Å². The molecule has 2 aromatic carbocycles. The van der Waals surface area contributed by atoms with Gasteiger partial charge in [-0.3, -0.25) is 9.69 Å². The summed E-state index contributed by atoms with van der Waals surface area (Å²) in [5, 5.41) is 27.4. The van der Waals surface area contributed by atoms with E-state index in [2.05, 4.69) is 22.0 Å². The number of nitrogens with one attached hydrogen (secondary N) is 1. The summed E-state index contributed by atoms with van der Waals surface area (Å²) in [7, 11) is 0. The van der Waals surface area contributed by atoms with Gasteiger partial charge in [0.1, 0.15) is 0 Å². The van der Waals surface area contributed by atoms with Crippen molar-refractivity contribution in [3.63, 3.8) is 0 Å². The van der Waals surface area contributed by atoms with Crippen molar-refractivity contribution < 1.29 is 19.7 Å². The van der Waals surface area contributed by atoms with E-state index in [-0.39, 0.29) is 17.7 Å². The molecule has 4 aliphatic rings. The van der Waals surface area contributed by atoms with E-state index in [0.29, 0.717) is 49.3 Å². The maximum atomic E-state index is 12.6. The number of carbonyl (C=O) groups is 1. The molecule has 6 rings (SSSR count).